The molecule has 0 heterocycles. The summed E-state index contributed by atoms with van der Waals surface area (Å²) >= 11 is 0. The molecule has 5 rings (SSSR count). The quantitative estimate of drug-likeness (QED) is 0.323. The number of phenolic OH excluding ortho intramolecular Hbond substituents is 1. The molecule has 0 aromatic heterocycles. The Morgan fingerprint density at radius 1 is 1.11 bits per heavy atom. The van der Waals surface area contributed by atoms with Crippen molar-refractivity contribution in [2.75, 3.05) is 41.4 Å². The van der Waals surface area contributed by atoms with E-state index in [1.807, 2.05) is 18.2 Å². The number of allylic oxidation sites excluding steroid dienone is 1. The fourth-order valence-electron chi connectivity index (χ4n) is 8.38. The molecule has 10 nitrogen and oxygen atoms in total. The van der Waals surface area contributed by atoms with Crippen molar-refractivity contribution in [3.63, 3.8) is 0 Å². The molecular formula is C37H47N3O7. The molecule has 3 aliphatic rings. The van der Waals surface area contributed by atoms with Gasteiger partial charge in [-0.25, -0.2) is 0 Å². The van der Waals surface area contributed by atoms with Crippen molar-refractivity contribution in [1.29, 1.82) is 0 Å². The SMILES string of the molecule is CCN(Cc1cc(O)c2c(c1OC)C[C@H]1C[C@H]3[C@H](N(C)C)C(=O)C(C(N)=O)=C(O)[C@@]3(C)C(OC)=C1C2=O)CC(C)(C)c1ccccc1. The molecule has 10 heteroatoms. The third-order valence-corrected chi connectivity index (χ3v) is 10.6. The Kier molecular flexibility index (Phi) is 9.07. The normalized spacial score (nSPS) is 24.3. The van der Waals surface area contributed by atoms with Crippen LogP contribution in [0.5, 0.6) is 11.5 Å². The van der Waals surface area contributed by atoms with E-state index in [0.29, 0.717) is 36.3 Å². The number of carbonyl (C=O) groups is 3. The van der Waals surface area contributed by atoms with Gasteiger partial charge in [-0.2, -0.15) is 0 Å². The van der Waals surface area contributed by atoms with Crippen LogP contribution in [0.15, 0.2) is 59.1 Å². The Labute approximate surface area is 276 Å². The fraction of sp³-hybridized carbons (Fsp3) is 0.486. The standard InChI is InChI=1S/C37H47N3O7/c1-9-40(19-36(2,3)22-13-11-10-12-14-22)18-21-17-25(41)27-23(32(21)46-7)15-20-16-24-29(39(5)6)31(43)28(35(38)45)33(44)37(24,4)34(47-8)26(20)30(27)42/h10-14,17,20,24,29,41,44H,9,15-16,18-19H2,1-8H3,(H2,38,45)/t20-,24-,29-,37-/m0/s1. The van der Waals surface area contributed by atoms with Crippen LogP contribution in [0.4, 0.5) is 0 Å². The van der Waals surface area contributed by atoms with Crippen LogP contribution in [0.1, 0.15) is 61.2 Å². The monoisotopic (exact) mass is 645 g/mol. The third-order valence-electron chi connectivity index (χ3n) is 10.6. The molecule has 0 unspecified atom stereocenters. The number of primary amides is 1. The number of likely N-dealkylation sites (N-methyl/N-ethyl adjacent to an activating group) is 2. The number of amides is 1. The second kappa shape index (κ2) is 12.5. The molecule has 2 aromatic rings. The van der Waals surface area contributed by atoms with Gasteiger partial charge in [0.05, 0.1) is 31.2 Å². The van der Waals surface area contributed by atoms with Gasteiger partial charge in [0.2, 0.25) is 0 Å². The van der Waals surface area contributed by atoms with Gasteiger partial charge in [0.15, 0.2) is 11.6 Å². The highest BCUT2D eigenvalue weighted by atomic mass is 16.5. The summed E-state index contributed by atoms with van der Waals surface area (Å²) < 4.78 is 11.9. The molecule has 0 saturated heterocycles. The van der Waals surface area contributed by atoms with Crippen LogP contribution in [-0.4, -0.2) is 84.9 Å². The molecule has 4 atom stereocenters. The van der Waals surface area contributed by atoms with Gasteiger partial charge in [-0.1, -0.05) is 51.1 Å². The lowest BCUT2D eigenvalue weighted by molar-refractivity contribution is -0.130. The predicted octanol–water partition coefficient (Wildman–Crippen LogP) is 4.29. The summed E-state index contributed by atoms with van der Waals surface area (Å²) in [6.45, 7) is 10.2. The number of aliphatic hydroxyl groups excluding tert-OH is 1. The molecule has 0 radical (unpaired) electrons. The van der Waals surface area contributed by atoms with E-state index in [-0.39, 0.29) is 22.5 Å². The summed E-state index contributed by atoms with van der Waals surface area (Å²) in [4.78, 5) is 44.5. The maximum atomic E-state index is 14.4. The lowest BCUT2D eigenvalue weighted by Gasteiger charge is -2.52. The molecule has 0 aliphatic heterocycles. The van der Waals surface area contributed by atoms with Crippen LogP contribution in [-0.2, 0) is 32.7 Å². The van der Waals surface area contributed by atoms with Crippen molar-refractivity contribution in [2.45, 2.75) is 58.5 Å². The van der Waals surface area contributed by atoms with Gasteiger partial charge in [-0.15, -0.1) is 0 Å². The molecular weight excluding hydrogens is 598 g/mol. The van der Waals surface area contributed by atoms with Gasteiger partial charge in [-0.05, 0) is 58.0 Å². The number of hydrogen-bond donors (Lipinski definition) is 3. The molecule has 1 amide bonds. The minimum Gasteiger partial charge on any atom is -0.510 e. The van der Waals surface area contributed by atoms with E-state index in [1.54, 1.807) is 39.1 Å². The predicted molar refractivity (Wildman–Crippen MR) is 178 cm³/mol. The van der Waals surface area contributed by atoms with Crippen molar-refractivity contribution in [1.82, 2.24) is 9.80 Å². The first-order valence-electron chi connectivity index (χ1n) is 16.1. The van der Waals surface area contributed by atoms with Crippen molar-refractivity contribution in [2.24, 2.45) is 23.0 Å². The number of carbonyl (C=O) groups excluding carboxylic acids is 3. The van der Waals surface area contributed by atoms with Crippen molar-refractivity contribution >= 4 is 17.5 Å². The van der Waals surface area contributed by atoms with Gasteiger partial charge in [0.1, 0.15) is 28.6 Å². The Bertz CT molecular complexity index is 1680. The molecule has 2 aromatic carbocycles. The molecule has 0 saturated carbocycles. The number of hydrogen-bond acceptors (Lipinski definition) is 9. The largest absolute Gasteiger partial charge is 0.510 e. The van der Waals surface area contributed by atoms with E-state index in [0.717, 1.165) is 18.7 Å². The van der Waals surface area contributed by atoms with Gasteiger partial charge in [0.25, 0.3) is 5.91 Å². The number of nitrogens with two attached hydrogens (primary N) is 1. The molecule has 47 heavy (non-hydrogen) atoms. The van der Waals surface area contributed by atoms with Gasteiger partial charge >= 0.3 is 0 Å². The summed E-state index contributed by atoms with van der Waals surface area (Å²) in [5.41, 5.74) is 6.65. The highest BCUT2D eigenvalue weighted by Gasteiger charge is 2.61. The lowest BCUT2D eigenvalue weighted by atomic mass is 9.54. The number of Topliss-reactive ketones (excluding diaryl/α,β-unsaturated/α-hetero) is 2. The van der Waals surface area contributed by atoms with Crippen LogP contribution >= 0.6 is 0 Å². The number of nitrogens with zero attached hydrogens (tertiary/aromatic N) is 2. The minimum atomic E-state index is -1.38. The van der Waals surface area contributed by atoms with E-state index < -0.39 is 52.1 Å². The Balaban J connectivity index is 1.61. The van der Waals surface area contributed by atoms with E-state index in [2.05, 4.69) is 37.8 Å². The summed E-state index contributed by atoms with van der Waals surface area (Å²) in [5, 5.41) is 23.0. The van der Waals surface area contributed by atoms with Gasteiger partial charge < -0.3 is 25.4 Å². The summed E-state index contributed by atoms with van der Waals surface area (Å²) in [5.74, 6) is -2.88. The number of methoxy groups -OCH3 is 2. The molecule has 0 spiro atoms. The van der Waals surface area contributed by atoms with Crippen molar-refractivity contribution < 1.29 is 34.1 Å². The zero-order chi connectivity index (χ0) is 34.6. The maximum absolute atomic E-state index is 14.4. The smallest absolute Gasteiger partial charge is 0.255 e. The van der Waals surface area contributed by atoms with Gasteiger partial charge in [0, 0.05) is 41.1 Å². The molecule has 3 aliphatic carbocycles. The summed E-state index contributed by atoms with van der Waals surface area (Å²) in [7, 11) is 6.46. The topological polar surface area (TPSA) is 143 Å². The number of aliphatic hydroxyl groups is 1. The second-order valence-corrected chi connectivity index (χ2v) is 14.1. The second-order valence-electron chi connectivity index (χ2n) is 14.1. The Morgan fingerprint density at radius 2 is 1.77 bits per heavy atom. The fourth-order valence-corrected chi connectivity index (χ4v) is 8.38. The van der Waals surface area contributed by atoms with Crippen LogP contribution in [0.25, 0.3) is 0 Å². The Hall–Kier alpha value is -4.15. The number of benzene rings is 2. The highest BCUT2D eigenvalue weighted by Crippen LogP contribution is 2.59. The van der Waals surface area contributed by atoms with Crippen molar-refractivity contribution in [3.05, 3.63) is 81.3 Å². The number of ether oxygens (including phenoxy) is 2. The van der Waals surface area contributed by atoms with E-state index in [1.165, 1.54) is 12.7 Å². The van der Waals surface area contributed by atoms with Crippen LogP contribution in [0, 0.1) is 17.3 Å². The van der Waals surface area contributed by atoms with Gasteiger partial charge in [-0.3, -0.25) is 24.2 Å². The minimum absolute atomic E-state index is 0.135. The molecule has 0 bridgehead atoms. The third kappa shape index (κ3) is 5.41. The lowest BCUT2D eigenvalue weighted by Crippen LogP contribution is -2.58. The van der Waals surface area contributed by atoms with Crippen molar-refractivity contribution in [3.8, 4) is 11.5 Å². The highest BCUT2D eigenvalue weighted by molar-refractivity contribution is 6.22. The molecule has 252 valence electrons. The first-order valence-corrected chi connectivity index (χ1v) is 16.1. The zero-order valence-electron chi connectivity index (χ0n) is 28.6. The number of aromatic hydroxyl groups is 1. The van der Waals surface area contributed by atoms with E-state index >= 15 is 0 Å². The Morgan fingerprint density at radius 3 is 2.32 bits per heavy atom. The average molecular weight is 646 g/mol. The van der Waals surface area contributed by atoms with E-state index in [4.69, 9.17) is 15.2 Å². The van der Waals surface area contributed by atoms with E-state index in [9.17, 15) is 24.6 Å². The number of rotatable bonds is 10. The first-order chi connectivity index (χ1) is 22.1. The van der Waals surface area contributed by atoms with Crippen LogP contribution in [0.2, 0.25) is 0 Å². The zero-order valence-corrected chi connectivity index (χ0v) is 28.6. The summed E-state index contributed by atoms with van der Waals surface area (Å²) in [6.07, 6.45) is 0.693. The maximum Gasteiger partial charge on any atom is 0.255 e. The number of ketones is 2. The molecule has 4 N–H and O–H groups in total. The first kappa shape index (κ1) is 34.2. The number of phenols is 1. The number of fused-ring (bicyclic) bond motifs is 3. The summed E-state index contributed by atoms with van der Waals surface area (Å²) in [6, 6.07) is 11.2. The molecule has 0 fully saturated rings. The average Bonchev–Trinajstić information content (AvgIpc) is 3.01. The van der Waals surface area contributed by atoms with Crippen LogP contribution in [0.3, 0.4) is 0 Å². The van der Waals surface area contributed by atoms with Crippen LogP contribution < -0.4 is 10.5 Å².